The van der Waals surface area contributed by atoms with Gasteiger partial charge in [0.25, 0.3) is 5.56 Å². The maximum absolute atomic E-state index is 14.0. The van der Waals surface area contributed by atoms with Crippen molar-refractivity contribution in [3.63, 3.8) is 0 Å². The number of allylic oxidation sites excluding steroid dienone is 8. The van der Waals surface area contributed by atoms with Crippen LogP contribution in [0, 0.1) is 6.92 Å². The number of aromatic nitrogens is 2. The Hall–Kier alpha value is -4.11. The minimum Gasteiger partial charge on any atom is -0.302 e. The van der Waals surface area contributed by atoms with Gasteiger partial charge in [-0.05, 0) is 48.9 Å². The topological polar surface area (TPSA) is 26.4 Å². The van der Waals surface area contributed by atoms with Crippen LogP contribution in [0.25, 0.3) is 38.7 Å². The predicted octanol–water partition coefficient (Wildman–Crippen LogP) is 6.68. The first-order valence-electron chi connectivity index (χ1n) is 10.1. The van der Waals surface area contributed by atoms with E-state index in [-0.39, 0.29) is 5.56 Å². The molecule has 0 N–H and O–H groups in total. The van der Waals surface area contributed by atoms with E-state index in [1.807, 2.05) is 34.7 Å². The van der Waals surface area contributed by atoms with Crippen LogP contribution in [0.1, 0.15) is 11.1 Å². The first kappa shape index (κ1) is 20.2. The lowest BCUT2D eigenvalue weighted by Crippen LogP contribution is -2.22. The fraction of sp³-hybridized carbons (Fsp3) is 0.0357. The van der Waals surface area contributed by atoms with Gasteiger partial charge >= 0.3 is 0 Å². The predicted molar refractivity (Wildman–Crippen MR) is 134 cm³/mol. The second kappa shape index (κ2) is 7.96. The normalized spacial score (nSPS) is 12.4. The summed E-state index contributed by atoms with van der Waals surface area (Å²) < 4.78 is 3.75. The summed E-state index contributed by atoms with van der Waals surface area (Å²) in [5, 5.41) is 1.00. The Kier molecular flexibility index (Phi) is 5.18. The summed E-state index contributed by atoms with van der Waals surface area (Å²) in [6, 6.07) is 14.1. The Morgan fingerprint density at radius 3 is 2.23 bits per heavy atom. The summed E-state index contributed by atoms with van der Waals surface area (Å²) in [5.74, 6) is 0. The zero-order chi connectivity index (χ0) is 22.1. The summed E-state index contributed by atoms with van der Waals surface area (Å²) in [5.41, 5.74) is 6.63. The van der Waals surface area contributed by atoms with E-state index in [1.165, 1.54) is 0 Å². The van der Waals surface area contributed by atoms with Crippen LogP contribution in [-0.4, -0.2) is 8.97 Å². The Balaban J connectivity index is 2.42. The van der Waals surface area contributed by atoms with E-state index in [0.717, 1.165) is 38.6 Å². The molecule has 4 aromatic rings. The lowest BCUT2D eigenvalue weighted by molar-refractivity contribution is 1.06. The maximum atomic E-state index is 14.0. The number of hydrogen-bond donors (Lipinski definition) is 0. The molecule has 0 atom stereocenters. The average molecular weight is 405 g/mol. The Bertz CT molecular complexity index is 1520. The first-order valence-corrected chi connectivity index (χ1v) is 10.1. The highest BCUT2D eigenvalue weighted by atomic mass is 16.1. The van der Waals surface area contributed by atoms with Crippen molar-refractivity contribution in [1.29, 1.82) is 0 Å². The smallest absolute Gasteiger partial charge is 0.280 e. The largest absolute Gasteiger partial charge is 0.302 e. The molecule has 0 unspecified atom stereocenters. The lowest BCUT2D eigenvalue weighted by atomic mass is 10.0. The number of benzene rings is 2. The standard InChI is InChI=1S/C28H24N2O/c1-6-12-20(8-3)26-22-18-19(5)16-17-23(22)30-25-15-11-10-14-24(25)29(28(31)27(26)30)21(9-4)13-7-2/h6-18H,1-4H2,5H3/b20-12+,21-13+. The van der Waals surface area contributed by atoms with Gasteiger partial charge in [-0.1, -0.05) is 74.4 Å². The molecule has 2 aromatic heterocycles. The molecular weight excluding hydrogens is 380 g/mol. The molecule has 0 spiro atoms. The van der Waals surface area contributed by atoms with Crippen LogP contribution in [0.5, 0.6) is 0 Å². The summed E-state index contributed by atoms with van der Waals surface area (Å²) in [4.78, 5) is 14.0. The van der Waals surface area contributed by atoms with Gasteiger partial charge in [0.05, 0.1) is 16.6 Å². The first-order chi connectivity index (χ1) is 15.1. The fourth-order valence-corrected chi connectivity index (χ4v) is 4.20. The Labute approximate surface area is 181 Å². The third-order valence-corrected chi connectivity index (χ3v) is 5.45. The van der Waals surface area contributed by atoms with Gasteiger partial charge in [-0.25, -0.2) is 0 Å². The van der Waals surface area contributed by atoms with E-state index in [1.54, 1.807) is 34.9 Å². The van der Waals surface area contributed by atoms with Gasteiger partial charge in [-0.2, -0.15) is 0 Å². The third kappa shape index (κ3) is 3.03. The van der Waals surface area contributed by atoms with E-state index in [2.05, 4.69) is 51.4 Å². The number of rotatable bonds is 6. The third-order valence-electron chi connectivity index (χ3n) is 5.45. The summed E-state index contributed by atoms with van der Waals surface area (Å²) in [6.07, 6.45) is 10.5. The van der Waals surface area contributed by atoms with Crippen molar-refractivity contribution in [1.82, 2.24) is 8.97 Å². The van der Waals surface area contributed by atoms with Crippen molar-refractivity contribution >= 4 is 38.7 Å². The zero-order valence-electron chi connectivity index (χ0n) is 17.6. The molecule has 3 heteroatoms. The van der Waals surface area contributed by atoms with Gasteiger partial charge in [-0.3, -0.25) is 9.36 Å². The van der Waals surface area contributed by atoms with Crippen molar-refractivity contribution in [2.24, 2.45) is 0 Å². The molecule has 2 aromatic carbocycles. The van der Waals surface area contributed by atoms with Crippen molar-refractivity contribution in [3.8, 4) is 0 Å². The van der Waals surface area contributed by atoms with Crippen LogP contribution in [0.2, 0.25) is 0 Å². The molecule has 0 aliphatic heterocycles. The van der Waals surface area contributed by atoms with Crippen molar-refractivity contribution in [3.05, 3.63) is 127 Å². The van der Waals surface area contributed by atoms with Gasteiger partial charge in [0.1, 0.15) is 5.52 Å². The second-order valence-corrected chi connectivity index (χ2v) is 7.30. The van der Waals surface area contributed by atoms with Crippen molar-refractivity contribution < 1.29 is 0 Å². The molecule has 0 radical (unpaired) electrons. The highest BCUT2D eigenvalue weighted by Gasteiger charge is 2.21. The van der Waals surface area contributed by atoms with E-state index in [0.29, 0.717) is 11.2 Å². The van der Waals surface area contributed by atoms with Crippen LogP contribution in [0.15, 0.2) is 110 Å². The molecule has 2 heterocycles. The van der Waals surface area contributed by atoms with Crippen LogP contribution >= 0.6 is 0 Å². The molecular formula is C28H24N2O. The van der Waals surface area contributed by atoms with Crippen molar-refractivity contribution in [2.45, 2.75) is 6.92 Å². The van der Waals surface area contributed by atoms with Crippen LogP contribution < -0.4 is 5.56 Å². The Morgan fingerprint density at radius 1 is 0.871 bits per heavy atom. The molecule has 0 bridgehead atoms. The highest BCUT2D eigenvalue weighted by Crippen LogP contribution is 2.34. The fourth-order valence-electron chi connectivity index (χ4n) is 4.20. The SMILES string of the molecule is C=C/C=C(\C=C)c1c2cc(C)ccc2n2c1c(=O)n(/C(C=C)=C/C=C)c1ccccc12. The molecule has 3 nitrogen and oxygen atoms in total. The minimum atomic E-state index is -0.132. The molecule has 0 aliphatic carbocycles. The molecule has 0 saturated heterocycles. The number of nitrogens with zero attached hydrogens (tertiary/aromatic N) is 2. The number of para-hydroxylation sites is 2. The van der Waals surface area contributed by atoms with E-state index >= 15 is 0 Å². The van der Waals surface area contributed by atoms with E-state index < -0.39 is 0 Å². The van der Waals surface area contributed by atoms with Crippen LogP contribution in [-0.2, 0) is 0 Å². The average Bonchev–Trinajstić information content (AvgIpc) is 3.11. The van der Waals surface area contributed by atoms with E-state index in [4.69, 9.17) is 0 Å². The summed E-state index contributed by atoms with van der Waals surface area (Å²) in [6.45, 7) is 17.6. The zero-order valence-corrected chi connectivity index (χ0v) is 17.6. The maximum Gasteiger partial charge on any atom is 0.280 e. The molecule has 31 heavy (non-hydrogen) atoms. The van der Waals surface area contributed by atoms with E-state index in [9.17, 15) is 4.79 Å². The number of aryl methyl sites for hydroxylation is 1. The van der Waals surface area contributed by atoms with Crippen molar-refractivity contribution in [2.75, 3.05) is 0 Å². The Morgan fingerprint density at radius 2 is 1.58 bits per heavy atom. The quantitative estimate of drug-likeness (QED) is 0.329. The molecule has 4 rings (SSSR count). The molecule has 0 amide bonds. The number of fused-ring (bicyclic) bond motifs is 5. The molecule has 152 valence electrons. The molecule has 0 fully saturated rings. The number of hydrogen-bond acceptors (Lipinski definition) is 1. The minimum absolute atomic E-state index is 0.132. The lowest BCUT2D eigenvalue weighted by Gasteiger charge is -2.14. The monoisotopic (exact) mass is 404 g/mol. The summed E-state index contributed by atoms with van der Waals surface area (Å²) >= 11 is 0. The van der Waals surface area contributed by atoms with Gasteiger partial charge in [0, 0.05) is 16.6 Å². The van der Waals surface area contributed by atoms with Crippen LogP contribution in [0.3, 0.4) is 0 Å². The van der Waals surface area contributed by atoms with Gasteiger partial charge in [-0.15, -0.1) is 0 Å². The van der Waals surface area contributed by atoms with Gasteiger partial charge in [0.2, 0.25) is 0 Å². The van der Waals surface area contributed by atoms with Gasteiger partial charge < -0.3 is 4.40 Å². The summed E-state index contributed by atoms with van der Waals surface area (Å²) in [7, 11) is 0. The molecule has 0 saturated carbocycles. The molecule has 0 aliphatic rings. The second-order valence-electron chi connectivity index (χ2n) is 7.30. The van der Waals surface area contributed by atoms with Crippen LogP contribution in [0.4, 0.5) is 0 Å². The highest BCUT2D eigenvalue weighted by molar-refractivity contribution is 6.06. The van der Waals surface area contributed by atoms with Gasteiger partial charge in [0.15, 0.2) is 0 Å².